The van der Waals surface area contributed by atoms with Crippen molar-refractivity contribution in [2.75, 3.05) is 19.7 Å². The Morgan fingerprint density at radius 3 is 2.40 bits per heavy atom. The molecule has 120 valence electrons. The highest BCUT2D eigenvalue weighted by Crippen LogP contribution is 2.26. The van der Waals surface area contributed by atoms with Gasteiger partial charge in [-0.25, -0.2) is 0 Å². The molecule has 0 aromatic heterocycles. The van der Waals surface area contributed by atoms with Crippen molar-refractivity contribution in [1.29, 1.82) is 0 Å². The zero-order valence-electron chi connectivity index (χ0n) is 14.1. The summed E-state index contributed by atoms with van der Waals surface area (Å²) in [6.45, 7) is 11.3. The van der Waals surface area contributed by atoms with Gasteiger partial charge in [-0.15, -0.1) is 0 Å². The highest BCUT2D eigenvalue weighted by molar-refractivity contribution is 4.89. The molecule has 2 atom stereocenters. The van der Waals surface area contributed by atoms with Crippen LogP contribution in [0.2, 0.25) is 0 Å². The lowest BCUT2D eigenvalue weighted by Crippen LogP contribution is -2.52. The second-order valence-corrected chi connectivity index (χ2v) is 6.82. The van der Waals surface area contributed by atoms with E-state index in [1.165, 1.54) is 32.1 Å². The molecule has 0 aromatic carbocycles. The first kappa shape index (κ1) is 17.9. The fourth-order valence-electron chi connectivity index (χ4n) is 3.73. The van der Waals surface area contributed by atoms with E-state index < -0.39 is 0 Å². The van der Waals surface area contributed by atoms with Gasteiger partial charge in [-0.3, -0.25) is 4.90 Å². The van der Waals surface area contributed by atoms with E-state index >= 15 is 0 Å². The number of hydrogen-bond donors (Lipinski definition) is 2. The molecule has 0 saturated heterocycles. The minimum absolute atomic E-state index is 0.141. The van der Waals surface area contributed by atoms with Crippen LogP contribution in [0.3, 0.4) is 0 Å². The van der Waals surface area contributed by atoms with Crippen molar-refractivity contribution in [3.05, 3.63) is 0 Å². The molecule has 3 nitrogen and oxygen atoms in total. The summed E-state index contributed by atoms with van der Waals surface area (Å²) in [7, 11) is 0. The predicted octanol–water partition coefficient (Wildman–Crippen LogP) is 3.17. The third kappa shape index (κ3) is 5.34. The number of rotatable bonds is 9. The summed E-state index contributed by atoms with van der Waals surface area (Å²) in [5.41, 5.74) is -0.141. The van der Waals surface area contributed by atoms with Crippen LogP contribution in [0.25, 0.3) is 0 Å². The number of aliphatic hydroxyl groups is 1. The molecule has 1 aliphatic carbocycles. The Hall–Kier alpha value is -0.120. The molecular weight excluding hydrogens is 248 g/mol. The maximum Gasteiger partial charge on any atom is 0.0611 e. The van der Waals surface area contributed by atoms with E-state index in [-0.39, 0.29) is 12.1 Å². The number of nitrogens with zero attached hydrogens (tertiary/aromatic N) is 1. The Bertz CT molecular complexity index is 253. The van der Waals surface area contributed by atoms with E-state index in [2.05, 4.69) is 37.9 Å². The summed E-state index contributed by atoms with van der Waals surface area (Å²) >= 11 is 0. The molecule has 0 bridgehead atoms. The van der Waals surface area contributed by atoms with Crippen molar-refractivity contribution in [1.82, 2.24) is 10.2 Å². The van der Waals surface area contributed by atoms with Crippen molar-refractivity contribution in [3.63, 3.8) is 0 Å². The minimum Gasteiger partial charge on any atom is -0.394 e. The lowest BCUT2D eigenvalue weighted by molar-refractivity contribution is 0.0761. The SMILES string of the molecule is CCCNC(C)(CO)CC(C)N(CC)C1CCCCC1. The molecule has 3 heteroatoms. The molecule has 0 heterocycles. The van der Waals surface area contributed by atoms with Crippen molar-refractivity contribution < 1.29 is 5.11 Å². The molecule has 0 aromatic rings. The van der Waals surface area contributed by atoms with Crippen LogP contribution in [0.4, 0.5) is 0 Å². The van der Waals surface area contributed by atoms with Crippen LogP contribution in [0.1, 0.15) is 72.6 Å². The molecule has 1 saturated carbocycles. The second-order valence-electron chi connectivity index (χ2n) is 6.82. The maximum atomic E-state index is 9.74. The van der Waals surface area contributed by atoms with Gasteiger partial charge < -0.3 is 10.4 Å². The van der Waals surface area contributed by atoms with Gasteiger partial charge in [0.05, 0.1) is 6.61 Å². The quantitative estimate of drug-likeness (QED) is 0.682. The lowest BCUT2D eigenvalue weighted by atomic mass is 9.89. The van der Waals surface area contributed by atoms with Gasteiger partial charge in [0.15, 0.2) is 0 Å². The van der Waals surface area contributed by atoms with E-state index in [0.29, 0.717) is 6.04 Å². The molecule has 0 aliphatic heterocycles. The van der Waals surface area contributed by atoms with Gasteiger partial charge in [-0.2, -0.15) is 0 Å². The van der Waals surface area contributed by atoms with Crippen LogP contribution in [0, 0.1) is 0 Å². The number of nitrogens with one attached hydrogen (secondary N) is 1. The molecule has 1 aliphatic rings. The maximum absolute atomic E-state index is 9.74. The largest absolute Gasteiger partial charge is 0.394 e. The van der Waals surface area contributed by atoms with Crippen molar-refractivity contribution in [2.24, 2.45) is 0 Å². The summed E-state index contributed by atoms with van der Waals surface area (Å²) in [6.07, 6.45) is 9.04. The van der Waals surface area contributed by atoms with E-state index in [0.717, 1.165) is 32.0 Å². The topological polar surface area (TPSA) is 35.5 Å². The lowest BCUT2D eigenvalue weighted by Gasteiger charge is -2.41. The highest BCUT2D eigenvalue weighted by atomic mass is 16.3. The Morgan fingerprint density at radius 2 is 1.90 bits per heavy atom. The first-order valence-electron chi connectivity index (χ1n) is 8.68. The van der Waals surface area contributed by atoms with Crippen LogP contribution in [-0.4, -0.2) is 47.3 Å². The van der Waals surface area contributed by atoms with E-state index in [1.807, 2.05) is 0 Å². The summed E-state index contributed by atoms with van der Waals surface area (Å²) in [4.78, 5) is 2.67. The molecule has 2 N–H and O–H groups in total. The van der Waals surface area contributed by atoms with Gasteiger partial charge in [0.2, 0.25) is 0 Å². The van der Waals surface area contributed by atoms with Gasteiger partial charge in [0, 0.05) is 17.6 Å². The summed E-state index contributed by atoms with van der Waals surface area (Å²) in [6, 6.07) is 1.29. The fraction of sp³-hybridized carbons (Fsp3) is 1.00. The monoisotopic (exact) mass is 284 g/mol. The minimum atomic E-state index is -0.141. The summed E-state index contributed by atoms with van der Waals surface area (Å²) in [5, 5.41) is 13.3. The Morgan fingerprint density at radius 1 is 1.25 bits per heavy atom. The van der Waals surface area contributed by atoms with Crippen LogP contribution in [0.5, 0.6) is 0 Å². The Kier molecular flexibility index (Phi) is 8.08. The van der Waals surface area contributed by atoms with Crippen LogP contribution < -0.4 is 5.32 Å². The first-order valence-corrected chi connectivity index (χ1v) is 8.68. The molecule has 20 heavy (non-hydrogen) atoms. The number of hydrogen-bond acceptors (Lipinski definition) is 3. The third-order valence-corrected chi connectivity index (χ3v) is 4.87. The molecule has 0 amide bonds. The predicted molar refractivity (Wildman–Crippen MR) is 87.1 cm³/mol. The molecular formula is C17H36N2O. The van der Waals surface area contributed by atoms with E-state index in [4.69, 9.17) is 0 Å². The van der Waals surface area contributed by atoms with E-state index in [9.17, 15) is 5.11 Å². The van der Waals surface area contributed by atoms with Gasteiger partial charge >= 0.3 is 0 Å². The van der Waals surface area contributed by atoms with Crippen LogP contribution in [-0.2, 0) is 0 Å². The second kappa shape index (κ2) is 9.01. The third-order valence-electron chi connectivity index (χ3n) is 4.87. The Labute approximate surface area is 126 Å². The standard InChI is InChI=1S/C17H36N2O/c1-5-12-18-17(4,14-20)13-15(3)19(6-2)16-10-8-7-9-11-16/h15-16,18,20H,5-14H2,1-4H3. The average Bonchev–Trinajstić information content (AvgIpc) is 2.47. The zero-order chi connectivity index (χ0) is 15.0. The van der Waals surface area contributed by atoms with Gasteiger partial charge in [0.1, 0.15) is 0 Å². The zero-order valence-corrected chi connectivity index (χ0v) is 14.1. The highest BCUT2D eigenvalue weighted by Gasteiger charge is 2.30. The van der Waals surface area contributed by atoms with Crippen LogP contribution in [0.15, 0.2) is 0 Å². The molecule has 1 fully saturated rings. The fourth-order valence-corrected chi connectivity index (χ4v) is 3.73. The van der Waals surface area contributed by atoms with Crippen molar-refractivity contribution >= 4 is 0 Å². The summed E-state index contributed by atoms with van der Waals surface area (Å²) < 4.78 is 0. The average molecular weight is 284 g/mol. The smallest absolute Gasteiger partial charge is 0.0611 e. The van der Waals surface area contributed by atoms with Gasteiger partial charge in [0.25, 0.3) is 0 Å². The van der Waals surface area contributed by atoms with E-state index in [1.54, 1.807) is 0 Å². The summed E-state index contributed by atoms with van der Waals surface area (Å²) in [5.74, 6) is 0. The Balaban J connectivity index is 2.57. The molecule has 0 radical (unpaired) electrons. The van der Waals surface area contributed by atoms with Crippen molar-refractivity contribution in [3.8, 4) is 0 Å². The van der Waals surface area contributed by atoms with Crippen LogP contribution >= 0.6 is 0 Å². The first-order chi connectivity index (χ1) is 9.56. The molecule has 2 unspecified atom stereocenters. The number of aliphatic hydroxyl groups excluding tert-OH is 1. The molecule has 0 spiro atoms. The molecule has 1 rings (SSSR count). The van der Waals surface area contributed by atoms with Gasteiger partial charge in [-0.05, 0) is 52.6 Å². The normalized spacial score (nSPS) is 21.9. The van der Waals surface area contributed by atoms with Crippen molar-refractivity contribution in [2.45, 2.75) is 90.3 Å². The van der Waals surface area contributed by atoms with Gasteiger partial charge in [-0.1, -0.05) is 33.1 Å².